The van der Waals surface area contributed by atoms with Crippen molar-refractivity contribution in [2.24, 2.45) is 5.10 Å². The predicted molar refractivity (Wildman–Crippen MR) is 121 cm³/mol. The van der Waals surface area contributed by atoms with E-state index < -0.39 is 5.91 Å². The number of ether oxygens (including phenoxy) is 1. The lowest BCUT2D eigenvalue weighted by Crippen LogP contribution is -2.21. The maximum Gasteiger partial charge on any atom is 0.294 e. The van der Waals surface area contributed by atoms with Gasteiger partial charge in [0.2, 0.25) is 11.6 Å². The van der Waals surface area contributed by atoms with Crippen LogP contribution in [0.4, 0.5) is 5.82 Å². The first-order valence-corrected chi connectivity index (χ1v) is 10.2. The normalized spacial score (nSPS) is 11.4. The lowest BCUT2D eigenvalue weighted by Gasteiger charge is -2.08. The Morgan fingerprint density at radius 2 is 1.97 bits per heavy atom. The zero-order valence-corrected chi connectivity index (χ0v) is 18.4. The average molecular weight is 467 g/mol. The van der Waals surface area contributed by atoms with Crippen LogP contribution in [0.25, 0.3) is 17.1 Å². The van der Waals surface area contributed by atoms with Crippen LogP contribution in [0.2, 0.25) is 5.02 Å². The number of amides is 1. The molecule has 0 atom stereocenters. The van der Waals surface area contributed by atoms with E-state index in [1.165, 1.54) is 4.68 Å². The molecule has 4 rings (SSSR count). The lowest BCUT2D eigenvalue weighted by molar-refractivity contribution is 0.0950. The van der Waals surface area contributed by atoms with Crippen LogP contribution < -0.4 is 15.9 Å². The predicted octanol–water partition coefficient (Wildman–Crippen LogP) is 3.11. The fourth-order valence-electron chi connectivity index (χ4n) is 3.06. The summed E-state index contributed by atoms with van der Waals surface area (Å²) in [6.07, 6.45) is 0. The SMILES string of the molecule is CCOc1ccc(-c2c(C(=O)N/N=C(\C)c3ccccc3Cl)nnn2-c2nonc2N)cc1. The minimum atomic E-state index is -0.591. The Hall–Kier alpha value is -4.25. The van der Waals surface area contributed by atoms with Gasteiger partial charge in [-0.25, -0.2) is 10.1 Å². The third-order valence-corrected chi connectivity index (χ3v) is 4.94. The number of nitrogens with two attached hydrogens (primary N) is 1. The number of rotatable bonds is 7. The van der Waals surface area contributed by atoms with Crippen LogP contribution in [0, 0.1) is 0 Å². The number of nitrogens with one attached hydrogen (secondary N) is 1. The van der Waals surface area contributed by atoms with Gasteiger partial charge in [0.15, 0.2) is 5.69 Å². The van der Waals surface area contributed by atoms with Gasteiger partial charge in [-0.05, 0) is 54.5 Å². The summed E-state index contributed by atoms with van der Waals surface area (Å²) in [5.41, 5.74) is 10.5. The van der Waals surface area contributed by atoms with Crippen molar-refractivity contribution < 1.29 is 14.2 Å². The number of carbonyl (C=O) groups excluding carboxylic acids is 1. The molecule has 0 spiro atoms. The number of aromatic nitrogens is 5. The summed E-state index contributed by atoms with van der Waals surface area (Å²) in [6.45, 7) is 4.14. The van der Waals surface area contributed by atoms with Gasteiger partial charge in [-0.3, -0.25) is 4.79 Å². The van der Waals surface area contributed by atoms with Gasteiger partial charge in [0.25, 0.3) is 5.91 Å². The minimum Gasteiger partial charge on any atom is -0.494 e. The van der Waals surface area contributed by atoms with E-state index in [0.29, 0.717) is 39.9 Å². The molecular formula is C21H19ClN8O3. The van der Waals surface area contributed by atoms with Crippen molar-refractivity contribution in [3.05, 3.63) is 64.8 Å². The monoisotopic (exact) mass is 466 g/mol. The van der Waals surface area contributed by atoms with Crippen molar-refractivity contribution in [2.75, 3.05) is 12.3 Å². The Morgan fingerprint density at radius 3 is 2.64 bits per heavy atom. The Bertz CT molecular complexity index is 1310. The molecule has 12 heteroatoms. The van der Waals surface area contributed by atoms with Gasteiger partial charge in [0, 0.05) is 16.1 Å². The number of carbonyl (C=O) groups is 1. The highest BCUT2D eigenvalue weighted by molar-refractivity contribution is 6.34. The number of hydrogen-bond donors (Lipinski definition) is 2. The third-order valence-electron chi connectivity index (χ3n) is 4.61. The van der Waals surface area contributed by atoms with Gasteiger partial charge < -0.3 is 10.5 Å². The van der Waals surface area contributed by atoms with E-state index in [4.69, 9.17) is 22.1 Å². The molecule has 2 aromatic carbocycles. The standard InChI is InChI=1S/C21H19ClN8O3/c1-3-32-14-10-8-13(9-11-14)18-17(25-29-30(18)20-19(23)27-33-28-20)21(31)26-24-12(2)15-6-4-5-7-16(15)22/h4-11H,3H2,1-2H3,(H2,23,27)(H,26,31)/b24-12+. The highest BCUT2D eigenvalue weighted by atomic mass is 35.5. The third kappa shape index (κ3) is 4.53. The van der Waals surface area contributed by atoms with E-state index in [0.717, 1.165) is 0 Å². The second-order valence-corrected chi connectivity index (χ2v) is 7.15. The van der Waals surface area contributed by atoms with Gasteiger partial charge in [-0.2, -0.15) is 9.78 Å². The zero-order chi connectivity index (χ0) is 23.4. The summed E-state index contributed by atoms with van der Waals surface area (Å²) in [4.78, 5) is 13.0. The largest absolute Gasteiger partial charge is 0.494 e. The summed E-state index contributed by atoms with van der Waals surface area (Å²) in [6, 6.07) is 14.2. The Morgan fingerprint density at radius 1 is 1.21 bits per heavy atom. The quantitative estimate of drug-likeness (QED) is 0.312. The summed E-state index contributed by atoms with van der Waals surface area (Å²) >= 11 is 6.20. The summed E-state index contributed by atoms with van der Waals surface area (Å²) in [5.74, 6) is 0.174. The van der Waals surface area contributed by atoms with Crippen LogP contribution >= 0.6 is 11.6 Å². The maximum atomic E-state index is 13.0. The Labute approximate surface area is 193 Å². The molecule has 3 N–H and O–H groups in total. The molecule has 0 unspecified atom stereocenters. The molecule has 2 aromatic heterocycles. The molecule has 4 aromatic rings. The molecular weight excluding hydrogens is 448 g/mol. The zero-order valence-electron chi connectivity index (χ0n) is 17.7. The van der Waals surface area contributed by atoms with Gasteiger partial charge in [-0.1, -0.05) is 35.0 Å². The molecule has 0 aliphatic heterocycles. The van der Waals surface area contributed by atoms with Crippen LogP contribution in [-0.2, 0) is 0 Å². The van der Waals surface area contributed by atoms with Crippen LogP contribution in [-0.4, -0.2) is 43.5 Å². The molecule has 33 heavy (non-hydrogen) atoms. The first-order valence-electron chi connectivity index (χ1n) is 9.86. The topological polar surface area (TPSA) is 146 Å². The molecule has 0 fully saturated rings. The smallest absolute Gasteiger partial charge is 0.294 e. The van der Waals surface area contributed by atoms with E-state index in [-0.39, 0.29) is 17.3 Å². The molecule has 1 amide bonds. The van der Waals surface area contributed by atoms with Crippen molar-refractivity contribution in [3.63, 3.8) is 0 Å². The molecule has 0 radical (unpaired) electrons. The number of hydrogen-bond acceptors (Lipinski definition) is 9. The van der Waals surface area contributed by atoms with Crippen molar-refractivity contribution in [2.45, 2.75) is 13.8 Å². The van der Waals surface area contributed by atoms with Crippen LogP contribution in [0.5, 0.6) is 5.75 Å². The Kier molecular flexibility index (Phi) is 6.31. The van der Waals surface area contributed by atoms with Gasteiger partial charge >= 0.3 is 0 Å². The number of halogens is 1. The summed E-state index contributed by atoms with van der Waals surface area (Å²) in [7, 11) is 0. The number of nitrogen functional groups attached to an aromatic ring is 1. The van der Waals surface area contributed by atoms with Crippen molar-refractivity contribution in [3.8, 4) is 22.8 Å². The van der Waals surface area contributed by atoms with Gasteiger partial charge in [0.1, 0.15) is 11.4 Å². The molecule has 0 bridgehead atoms. The van der Waals surface area contributed by atoms with Crippen molar-refractivity contribution >= 4 is 29.0 Å². The van der Waals surface area contributed by atoms with Crippen LogP contribution in [0.1, 0.15) is 29.9 Å². The molecule has 0 saturated carbocycles. The molecule has 2 heterocycles. The van der Waals surface area contributed by atoms with Gasteiger partial charge in [-0.15, -0.1) is 5.10 Å². The number of nitrogens with zero attached hydrogens (tertiary/aromatic N) is 6. The highest BCUT2D eigenvalue weighted by Crippen LogP contribution is 2.28. The fraction of sp³-hybridized carbons (Fsp3) is 0.143. The van der Waals surface area contributed by atoms with Crippen molar-refractivity contribution in [1.82, 2.24) is 30.7 Å². The van der Waals surface area contributed by atoms with E-state index >= 15 is 0 Å². The second kappa shape index (κ2) is 9.49. The minimum absolute atomic E-state index is 0.00253. The van der Waals surface area contributed by atoms with Crippen LogP contribution in [0.3, 0.4) is 0 Å². The summed E-state index contributed by atoms with van der Waals surface area (Å²) in [5, 5.41) is 20.1. The second-order valence-electron chi connectivity index (χ2n) is 6.75. The number of benzene rings is 2. The molecule has 0 saturated heterocycles. The van der Waals surface area contributed by atoms with Gasteiger partial charge in [0.05, 0.1) is 12.3 Å². The highest BCUT2D eigenvalue weighted by Gasteiger charge is 2.25. The maximum absolute atomic E-state index is 13.0. The van der Waals surface area contributed by atoms with Crippen molar-refractivity contribution in [1.29, 1.82) is 0 Å². The average Bonchev–Trinajstić information content (AvgIpc) is 3.44. The summed E-state index contributed by atoms with van der Waals surface area (Å²) < 4.78 is 11.5. The lowest BCUT2D eigenvalue weighted by atomic mass is 10.1. The van der Waals surface area contributed by atoms with E-state index in [9.17, 15) is 4.79 Å². The number of hydrazone groups is 1. The van der Waals surface area contributed by atoms with E-state index in [2.05, 4.69) is 35.8 Å². The first kappa shape index (κ1) is 22.0. The van der Waals surface area contributed by atoms with Crippen LogP contribution in [0.15, 0.2) is 58.3 Å². The van der Waals surface area contributed by atoms with E-state index in [1.54, 1.807) is 43.3 Å². The molecule has 0 aliphatic carbocycles. The Balaban J connectivity index is 1.71. The first-order chi connectivity index (χ1) is 16.0. The fourth-order valence-corrected chi connectivity index (χ4v) is 3.33. The number of anilines is 1. The molecule has 0 aliphatic rings. The molecule has 11 nitrogen and oxygen atoms in total. The van der Waals surface area contributed by atoms with E-state index in [1.807, 2.05) is 19.1 Å². The molecule has 168 valence electrons.